The van der Waals surface area contributed by atoms with Crippen molar-refractivity contribution in [2.24, 2.45) is 11.7 Å². The van der Waals surface area contributed by atoms with E-state index < -0.39 is 0 Å². The summed E-state index contributed by atoms with van der Waals surface area (Å²) in [5.41, 5.74) is 6.13. The number of hydrogen-bond acceptors (Lipinski definition) is 4. The van der Waals surface area contributed by atoms with E-state index in [-0.39, 0.29) is 23.9 Å². The molecule has 2 rings (SSSR count). The molecule has 3 N–H and O–H groups in total. The molecule has 25 heavy (non-hydrogen) atoms. The molecule has 0 aliphatic heterocycles. The second kappa shape index (κ2) is 9.88. The molecule has 1 aromatic carbocycles. The van der Waals surface area contributed by atoms with E-state index in [1.54, 1.807) is 12.1 Å². The highest BCUT2D eigenvalue weighted by Crippen LogP contribution is 2.39. The molecule has 5 nitrogen and oxygen atoms in total. The zero-order valence-electron chi connectivity index (χ0n) is 15.5. The topological polar surface area (TPSA) is 73.6 Å². The van der Waals surface area contributed by atoms with E-state index in [0.717, 1.165) is 25.7 Å². The van der Waals surface area contributed by atoms with Gasteiger partial charge in [-0.25, -0.2) is 0 Å². The van der Waals surface area contributed by atoms with Crippen LogP contribution < -0.4 is 20.5 Å². The van der Waals surface area contributed by atoms with Crippen LogP contribution in [0.4, 0.5) is 0 Å². The molecule has 1 saturated carbocycles. The summed E-state index contributed by atoms with van der Waals surface area (Å²) in [7, 11) is 0. The zero-order valence-corrected chi connectivity index (χ0v) is 16.3. The largest absolute Gasteiger partial charge is 0.490 e. The number of nitrogens with two attached hydrogens (primary N) is 1. The lowest BCUT2D eigenvalue weighted by Crippen LogP contribution is -2.53. The number of nitrogens with one attached hydrogen (secondary N) is 1. The normalized spacial score (nSPS) is 15.7. The summed E-state index contributed by atoms with van der Waals surface area (Å²) in [4.78, 5) is 12.6. The summed E-state index contributed by atoms with van der Waals surface area (Å²) in [5, 5.41) is 3.11. The van der Waals surface area contributed by atoms with Crippen LogP contribution in [0, 0.1) is 5.92 Å². The average molecular weight is 371 g/mol. The lowest BCUT2D eigenvalue weighted by atomic mass is 9.95. The van der Waals surface area contributed by atoms with Gasteiger partial charge in [0.1, 0.15) is 0 Å². The highest BCUT2D eigenvalue weighted by atomic mass is 35.5. The van der Waals surface area contributed by atoms with Crippen LogP contribution in [0.2, 0.25) is 0 Å². The van der Waals surface area contributed by atoms with Crippen LogP contribution in [0.15, 0.2) is 18.2 Å². The standard InChI is InChI=1S/C19H30N2O3.ClH/c1-4-10-23-16-9-6-14(12-17(16)24-11-5-2)18(22)21-19(3,13-20)15-7-8-15;/h6,9,12,15H,4-5,7-8,10-11,13,20H2,1-3H3,(H,21,22);1H. The first-order valence-corrected chi connectivity index (χ1v) is 8.96. The maximum atomic E-state index is 12.6. The Hall–Kier alpha value is -1.46. The fraction of sp³-hybridized carbons (Fsp3) is 0.632. The van der Waals surface area contributed by atoms with E-state index in [1.165, 1.54) is 0 Å². The Kier molecular flexibility index (Phi) is 8.53. The van der Waals surface area contributed by atoms with Gasteiger partial charge in [-0.15, -0.1) is 12.4 Å². The molecule has 0 bridgehead atoms. The lowest BCUT2D eigenvalue weighted by Gasteiger charge is -2.29. The number of hydrogen-bond donors (Lipinski definition) is 2. The third-order valence-electron chi connectivity index (χ3n) is 4.43. The summed E-state index contributed by atoms with van der Waals surface area (Å²) in [6.07, 6.45) is 4.08. The molecule has 0 heterocycles. The Labute approximate surface area is 157 Å². The van der Waals surface area contributed by atoms with Gasteiger partial charge in [-0.05, 0) is 56.7 Å². The molecule has 142 valence electrons. The molecule has 1 aliphatic rings. The third-order valence-corrected chi connectivity index (χ3v) is 4.43. The minimum Gasteiger partial charge on any atom is -0.490 e. The fourth-order valence-electron chi connectivity index (χ4n) is 2.68. The van der Waals surface area contributed by atoms with Gasteiger partial charge in [0.25, 0.3) is 5.91 Å². The van der Waals surface area contributed by atoms with Gasteiger partial charge in [0.15, 0.2) is 11.5 Å². The van der Waals surface area contributed by atoms with E-state index in [0.29, 0.717) is 42.7 Å². The number of amides is 1. The van der Waals surface area contributed by atoms with E-state index in [4.69, 9.17) is 15.2 Å². The van der Waals surface area contributed by atoms with Crippen molar-refractivity contribution in [2.75, 3.05) is 19.8 Å². The van der Waals surface area contributed by atoms with E-state index in [2.05, 4.69) is 12.2 Å². The van der Waals surface area contributed by atoms with Gasteiger partial charge in [0.2, 0.25) is 0 Å². The second-order valence-electron chi connectivity index (χ2n) is 6.71. The molecule has 1 atom stereocenters. The highest BCUT2D eigenvalue weighted by molar-refractivity contribution is 5.95. The molecule has 0 spiro atoms. The zero-order chi connectivity index (χ0) is 17.6. The SMILES string of the molecule is CCCOc1ccc(C(=O)NC(C)(CN)C2CC2)cc1OCCC.Cl. The molecule has 1 fully saturated rings. The molecule has 0 saturated heterocycles. The number of carbonyl (C=O) groups excluding carboxylic acids is 1. The van der Waals surface area contributed by atoms with Crippen LogP contribution in [-0.4, -0.2) is 31.2 Å². The smallest absolute Gasteiger partial charge is 0.251 e. The fourth-order valence-corrected chi connectivity index (χ4v) is 2.68. The minimum absolute atomic E-state index is 0. The Morgan fingerprint density at radius 3 is 2.32 bits per heavy atom. The maximum Gasteiger partial charge on any atom is 0.251 e. The molecular formula is C19H31ClN2O3. The van der Waals surface area contributed by atoms with Crippen LogP contribution in [0.5, 0.6) is 11.5 Å². The summed E-state index contributed by atoms with van der Waals surface area (Å²) in [6.45, 7) is 7.79. The van der Waals surface area contributed by atoms with Crippen LogP contribution in [-0.2, 0) is 0 Å². The van der Waals surface area contributed by atoms with Crippen LogP contribution in [0.25, 0.3) is 0 Å². The van der Waals surface area contributed by atoms with Crippen molar-refractivity contribution in [1.29, 1.82) is 0 Å². The van der Waals surface area contributed by atoms with Gasteiger partial charge in [0.05, 0.1) is 18.8 Å². The van der Waals surface area contributed by atoms with Crippen molar-refractivity contribution in [3.63, 3.8) is 0 Å². The van der Waals surface area contributed by atoms with Gasteiger partial charge >= 0.3 is 0 Å². The molecule has 0 aromatic heterocycles. The number of halogens is 1. The van der Waals surface area contributed by atoms with Crippen molar-refractivity contribution in [3.05, 3.63) is 23.8 Å². The van der Waals surface area contributed by atoms with Gasteiger partial charge < -0.3 is 20.5 Å². The van der Waals surface area contributed by atoms with Crippen molar-refractivity contribution < 1.29 is 14.3 Å². The van der Waals surface area contributed by atoms with Crippen molar-refractivity contribution in [1.82, 2.24) is 5.32 Å². The maximum absolute atomic E-state index is 12.6. The Morgan fingerprint density at radius 1 is 1.20 bits per heavy atom. The molecule has 1 amide bonds. The summed E-state index contributed by atoms with van der Waals surface area (Å²) in [6, 6.07) is 5.36. The van der Waals surface area contributed by atoms with Gasteiger partial charge in [0, 0.05) is 12.1 Å². The molecular weight excluding hydrogens is 340 g/mol. The summed E-state index contributed by atoms with van der Waals surface area (Å²) >= 11 is 0. The first-order valence-electron chi connectivity index (χ1n) is 8.96. The minimum atomic E-state index is -0.334. The number of benzene rings is 1. The number of rotatable bonds is 10. The summed E-state index contributed by atoms with van der Waals surface area (Å²) < 4.78 is 11.5. The predicted octanol–water partition coefficient (Wildman–Crippen LogP) is 3.54. The number of carbonyl (C=O) groups is 1. The highest BCUT2D eigenvalue weighted by Gasteiger charge is 2.41. The first kappa shape index (κ1) is 21.6. The molecule has 6 heteroatoms. The molecule has 0 radical (unpaired) electrons. The Morgan fingerprint density at radius 2 is 1.80 bits per heavy atom. The predicted molar refractivity (Wildman–Crippen MR) is 103 cm³/mol. The first-order chi connectivity index (χ1) is 11.5. The third kappa shape index (κ3) is 5.79. The van der Waals surface area contributed by atoms with E-state index >= 15 is 0 Å². The van der Waals surface area contributed by atoms with Crippen molar-refractivity contribution in [2.45, 2.75) is 52.0 Å². The summed E-state index contributed by atoms with van der Waals surface area (Å²) in [5.74, 6) is 1.68. The van der Waals surface area contributed by atoms with Crippen LogP contribution in [0.3, 0.4) is 0 Å². The number of ether oxygens (including phenoxy) is 2. The van der Waals surface area contributed by atoms with Gasteiger partial charge in [-0.1, -0.05) is 13.8 Å². The average Bonchev–Trinajstić information content (AvgIpc) is 3.43. The molecule has 1 aromatic rings. The molecule has 1 unspecified atom stereocenters. The quantitative estimate of drug-likeness (QED) is 0.660. The molecule has 1 aliphatic carbocycles. The van der Waals surface area contributed by atoms with Crippen LogP contribution >= 0.6 is 12.4 Å². The van der Waals surface area contributed by atoms with Crippen LogP contribution in [0.1, 0.15) is 56.8 Å². The van der Waals surface area contributed by atoms with Crippen molar-refractivity contribution >= 4 is 18.3 Å². The Bertz CT molecular complexity index is 564. The van der Waals surface area contributed by atoms with Gasteiger partial charge in [-0.2, -0.15) is 0 Å². The van der Waals surface area contributed by atoms with E-state index in [9.17, 15) is 4.79 Å². The van der Waals surface area contributed by atoms with E-state index in [1.807, 2.05) is 19.9 Å². The van der Waals surface area contributed by atoms with Gasteiger partial charge in [-0.3, -0.25) is 4.79 Å². The monoisotopic (exact) mass is 370 g/mol. The Balaban J connectivity index is 0.00000312. The van der Waals surface area contributed by atoms with Crippen molar-refractivity contribution in [3.8, 4) is 11.5 Å². The second-order valence-corrected chi connectivity index (χ2v) is 6.71. The lowest BCUT2D eigenvalue weighted by molar-refractivity contribution is 0.0897.